The van der Waals surface area contributed by atoms with E-state index >= 15 is 0 Å². The summed E-state index contributed by atoms with van der Waals surface area (Å²) in [7, 11) is 0. The van der Waals surface area contributed by atoms with Gasteiger partial charge < -0.3 is 5.32 Å². The van der Waals surface area contributed by atoms with Crippen LogP contribution in [0.3, 0.4) is 0 Å². The Bertz CT molecular complexity index is 423. The molecule has 1 heterocycles. The lowest BCUT2D eigenvalue weighted by Gasteiger charge is -2.01. The van der Waals surface area contributed by atoms with Gasteiger partial charge in [0.15, 0.2) is 0 Å². The number of nitriles is 1. The molecule has 0 saturated carbocycles. The van der Waals surface area contributed by atoms with Crippen molar-refractivity contribution < 1.29 is 4.79 Å². The topological polar surface area (TPSA) is 65.8 Å². The van der Waals surface area contributed by atoms with Crippen molar-refractivity contribution in [1.29, 1.82) is 5.26 Å². The molecule has 0 spiro atoms. The maximum Gasteiger partial charge on any atom is 0.269 e. The number of aromatic nitrogens is 1. The zero-order valence-electron chi connectivity index (χ0n) is 8.03. The minimum Gasteiger partial charge on any atom is -0.350 e. The summed E-state index contributed by atoms with van der Waals surface area (Å²) in [5, 5.41) is 11.1. The van der Waals surface area contributed by atoms with Gasteiger partial charge in [-0.15, -0.1) is 12.3 Å². The standard InChI is InChI=1S/C11H9N3O/c1-2-3-6-13-11(15)10-5-4-9(7-12)8-14-10/h1,4-5,8H,3,6H2,(H,13,15). The molecule has 0 aliphatic carbocycles. The Morgan fingerprint density at radius 2 is 2.40 bits per heavy atom. The van der Waals surface area contributed by atoms with Gasteiger partial charge in [-0.05, 0) is 12.1 Å². The normalized spacial score (nSPS) is 8.67. The van der Waals surface area contributed by atoms with E-state index in [1.165, 1.54) is 12.3 Å². The van der Waals surface area contributed by atoms with E-state index in [1.54, 1.807) is 6.07 Å². The highest BCUT2D eigenvalue weighted by Gasteiger charge is 2.05. The molecule has 0 atom stereocenters. The fraction of sp³-hybridized carbons (Fsp3) is 0.182. The van der Waals surface area contributed by atoms with Crippen LogP contribution in [0, 0.1) is 23.7 Å². The molecule has 0 bridgehead atoms. The Kier molecular flexibility index (Phi) is 3.88. The largest absolute Gasteiger partial charge is 0.350 e. The number of carbonyl (C=O) groups is 1. The first-order chi connectivity index (χ1) is 7.27. The van der Waals surface area contributed by atoms with E-state index < -0.39 is 0 Å². The molecule has 4 heteroatoms. The van der Waals surface area contributed by atoms with Gasteiger partial charge in [0.25, 0.3) is 5.91 Å². The highest BCUT2D eigenvalue weighted by molar-refractivity contribution is 5.92. The fourth-order valence-electron chi connectivity index (χ4n) is 0.933. The molecule has 1 rings (SSSR count). The van der Waals surface area contributed by atoms with Crippen LogP contribution in [0.25, 0.3) is 0 Å². The molecule has 4 nitrogen and oxygen atoms in total. The van der Waals surface area contributed by atoms with Crippen LogP contribution in [-0.2, 0) is 0 Å². The van der Waals surface area contributed by atoms with Gasteiger partial charge in [0.05, 0.1) is 5.56 Å². The summed E-state index contributed by atoms with van der Waals surface area (Å²) in [5.41, 5.74) is 0.709. The average molecular weight is 199 g/mol. The molecule has 74 valence electrons. The highest BCUT2D eigenvalue weighted by atomic mass is 16.1. The number of nitrogens with zero attached hydrogens (tertiary/aromatic N) is 2. The van der Waals surface area contributed by atoms with Crippen molar-refractivity contribution in [1.82, 2.24) is 10.3 Å². The van der Waals surface area contributed by atoms with Gasteiger partial charge in [-0.25, -0.2) is 4.98 Å². The third-order valence-corrected chi connectivity index (χ3v) is 1.68. The van der Waals surface area contributed by atoms with Gasteiger partial charge in [-0.1, -0.05) is 0 Å². The van der Waals surface area contributed by atoms with Gasteiger partial charge >= 0.3 is 0 Å². The summed E-state index contributed by atoms with van der Waals surface area (Å²) in [6.45, 7) is 0.428. The van der Waals surface area contributed by atoms with Crippen molar-refractivity contribution in [2.75, 3.05) is 6.54 Å². The van der Waals surface area contributed by atoms with Gasteiger partial charge in [0.2, 0.25) is 0 Å². The van der Waals surface area contributed by atoms with Crippen LogP contribution in [0.2, 0.25) is 0 Å². The molecule has 0 aromatic carbocycles. The SMILES string of the molecule is C#CCCNC(=O)c1ccc(C#N)cn1. The first-order valence-corrected chi connectivity index (χ1v) is 4.35. The minimum atomic E-state index is -0.283. The van der Waals surface area contributed by atoms with Crippen LogP contribution in [0.4, 0.5) is 0 Å². The Morgan fingerprint density at radius 3 is 2.93 bits per heavy atom. The van der Waals surface area contributed by atoms with E-state index in [0.717, 1.165) is 0 Å². The van der Waals surface area contributed by atoms with Crippen molar-refractivity contribution >= 4 is 5.91 Å². The molecular formula is C11H9N3O. The molecule has 15 heavy (non-hydrogen) atoms. The van der Waals surface area contributed by atoms with Crippen molar-refractivity contribution in [2.24, 2.45) is 0 Å². The number of hydrogen-bond donors (Lipinski definition) is 1. The van der Waals surface area contributed by atoms with E-state index in [9.17, 15) is 4.79 Å². The van der Waals surface area contributed by atoms with Crippen LogP contribution in [0.15, 0.2) is 18.3 Å². The van der Waals surface area contributed by atoms with Crippen molar-refractivity contribution in [3.8, 4) is 18.4 Å². The summed E-state index contributed by atoms with van der Waals surface area (Å²) >= 11 is 0. The van der Waals surface area contributed by atoms with Gasteiger partial charge in [-0.2, -0.15) is 5.26 Å². The Balaban J connectivity index is 2.60. The highest BCUT2D eigenvalue weighted by Crippen LogP contribution is 1.98. The van der Waals surface area contributed by atoms with Crippen LogP contribution in [-0.4, -0.2) is 17.4 Å². The molecule has 1 amide bonds. The van der Waals surface area contributed by atoms with Crippen molar-refractivity contribution in [3.05, 3.63) is 29.6 Å². The molecule has 1 N–H and O–H groups in total. The Labute approximate surface area is 87.9 Å². The molecule has 0 aliphatic heterocycles. The lowest BCUT2D eigenvalue weighted by atomic mass is 10.2. The molecule has 0 fully saturated rings. The van der Waals surface area contributed by atoms with Crippen molar-refractivity contribution in [3.63, 3.8) is 0 Å². The lowest BCUT2D eigenvalue weighted by Crippen LogP contribution is -2.25. The third-order valence-electron chi connectivity index (χ3n) is 1.68. The molecular weight excluding hydrogens is 190 g/mol. The molecule has 0 unspecified atom stereocenters. The summed E-state index contributed by atoms with van der Waals surface area (Å²) in [6, 6.07) is 4.97. The summed E-state index contributed by atoms with van der Waals surface area (Å²) < 4.78 is 0. The van der Waals surface area contributed by atoms with Crippen LogP contribution < -0.4 is 5.32 Å². The van der Waals surface area contributed by atoms with Gasteiger partial charge in [0, 0.05) is 19.2 Å². The first-order valence-electron chi connectivity index (χ1n) is 4.35. The average Bonchev–Trinajstić information content (AvgIpc) is 2.29. The van der Waals surface area contributed by atoms with Crippen LogP contribution in [0.5, 0.6) is 0 Å². The van der Waals surface area contributed by atoms with E-state index in [1.807, 2.05) is 6.07 Å². The summed E-state index contributed by atoms with van der Waals surface area (Å²) in [6.07, 6.45) is 6.88. The number of hydrogen-bond acceptors (Lipinski definition) is 3. The summed E-state index contributed by atoms with van der Waals surface area (Å²) in [5.74, 6) is 2.13. The van der Waals surface area contributed by atoms with E-state index in [0.29, 0.717) is 18.5 Å². The lowest BCUT2D eigenvalue weighted by molar-refractivity contribution is 0.0949. The molecule has 1 aromatic rings. The molecule has 1 aromatic heterocycles. The number of amides is 1. The predicted octanol–water partition coefficient (Wildman–Crippen LogP) is 0.706. The maximum atomic E-state index is 11.4. The fourth-order valence-corrected chi connectivity index (χ4v) is 0.933. The zero-order chi connectivity index (χ0) is 11.1. The number of terminal acetylenes is 1. The second-order valence-corrected chi connectivity index (χ2v) is 2.75. The quantitative estimate of drug-likeness (QED) is 0.575. The molecule has 0 radical (unpaired) electrons. The zero-order valence-corrected chi connectivity index (χ0v) is 8.03. The van der Waals surface area contributed by atoms with Gasteiger partial charge in [-0.3, -0.25) is 4.79 Å². The maximum absolute atomic E-state index is 11.4. The summed E-state index contributed by atoms with van der Waals surface area (Å²) in [4.78, 5) is 15.2. The van der Waals surface area contributed by atoms with E-state index in [2.05, 4.69) is 16.2 Å². The second-order valence-electron chi connectivity index (χ2n) is 2.75. The van der Waals surface area contributed by atoms with E-state index in [-0.39, 0.29) is 11.6 Å². The molecule has 0 aliphatic rings. The number of rotatable bonds is 3. The number of carbonyl (C=O) groups excluding carboxylic acids is 1. The first kappa shape index (κ1) is 10.7. The van der Waals surface area contributed by atoms with Gasteiger partial charge in [0.1, 0.15) is 11.8 Å². The smallest absolute Gasteiger partial charge is 0.269 e. The Morgan fingerprint density at radius 1 is 1.60 bits per heavy atom. The minimum absolute atomic E-state index is 0.283. The second kappa shape index (κ2) is 5.41. The number of nitrogens with one attached hydrogen (secondary N) is 1. The van der Waals surface area contributed by atoms with Crippen molar-refractivity contribution in [2.45, 2.75) is 6.42 Å². The van der Waals surface area contributed by atoms with Crippen LogP contribution >= 0.6 is 0 Å². The third kappa shape index (κ3) is 3.13. The van der Waals surface area contributed by atoms with Crippen LogP contribution in [0.1, 0.15) is 22.5 Å². The van der Waals surface area contributed by atoms with E-state index in [4.69, 9.17) is 11.7 Å². The molecule has 0 saturated heterocycles. The monoisotopic (exact) mass is 199 g/mol. The number of pyridine rings is 1. The Hall–Kier alpha value is -2.33. The predicted molar refractivity (Wildman–Crippen MR) is 54.7 cm³/mol.